The number of rotatable bonds is 11. The lowest BCUT2D eigenvalue weighted by molar-refractivity contribution is -0.154. The normalized spacial score (nSPS) is 23.6. The maximum atomic E-state index is 14.1. The van der Waals surface area contributed by atoms with Crippen molar-refractivity contribution < 1.29 is 38.2 Å². The molecule has 3 fully saturated rings. The summed E-state index contributed by atoms with van der Waals surface area (Å²) >= 11 is 0. The quantitative estimate of drug-likeness (QED) is 0.227. The van der Waals surface area contributed by atoms with Crippen molar-refractivity contribution in [1.29, 1.82) is 0 Å². The van der Waals surface area contributed by atoms with Gasteiger partial charge in [-0.15, -0.1) is 0 Å². The second kappa shape index (κ2) is 13.5. The van der Waals surface area contributed by atoms with Crippen LogP contribution in [-0.2, 0) is 33.4 Å². The summed E-state index contributed by atoms with van der Waals surface area (Å²) in [4.78, 5) is 80.8. The molecule has 0 aromatic rings. The summed E-state index contributed by atoms with van der Waals surface area (Å²) in [7, 11) is 0. The van der Waals surface area contributed by atoms with E-state index in [1.165, 1.54) is 4.90 Å². The standard InChI is InChI=1S/C34H56N4O8/c1-31(2,3)26(37-30(44)46-33(7,8)9)29(43)38-18-20-23(34(20,10)11)24(38)27(41)36-21(17-19-13-12-14-19)25(40)28(42)35-16-15-22(39)45-32(4,5)6/h19-21,23-24,26H,12-18H2,1-11H3,(H,35,42)(H,36,41)(H,37,44)/t20?,21?,23?,24?,26-/m1/s1. The van der Waals surface area contributed by atoms with Crippen LogP contribution in [0.4, 0.5) is 4.79 Å². The zero-order chi connectivity index (χ0) is 35.0. The molecule has 3 rings (SSSR count). The van der Waals surface area contributed by atoms with Crippen LogP contribution in [0.15, 0.2) is 0 Å². The molecule has 0 radical (unpaired) electrons. The first-order valence-corrected chi connectivity index (χ1v) is 16.6. The van der Waals surface area contributed by atoms with Crippen LogP contribution in [0.25, 0.3) is 0 Å². The predicted octanol–water partition coefficient (Wildman–Crippen LogP) is 3.50. The van der Waals surface area contributed by atoms with Gasteiger partial charge in [-0.1, -0.05) is 53.9 Å². The van der Waals surface area contributed by atoms with Gasteiger partial charge in [-0.3, -0.25) is 24.0 Å². The number of esters is 1. The van der Waals surface area contributed by atoms with Crippen molar-refractivity contribution in [1.82, 2.24) is 20.9 Å². The lowest BCUT2D eigenvalue weighted by Gasteiger charge is -2.38. The van der Waals surface area contributed by atoms with Crippen molar-refractivity contribution in [3.8, 4) is 0 Å². The van der Waals surface area contributed by atoms with E-state index >= 15 is 0 Å². The average molecular weight is 649 g/mol. The van der Waals surface area contributed by atoms with Crippen LogP contribution in [0.2, 0.25) is 0 Å². The van der Waals surface area contributed by atoms with E-state index in [4.69, 9.17) is 9.47 Å². The number of alkyl carbamates (subject to hydrolysis) is 1. The molecule has 12 heteroatoms. The van der Waals surface area contributed by atoms with Crippen LogP contribution in [0.5, 0.6) is 0 Å². The first-order chi connectivity index (χ1) is 20.9. The van der Waals surface area contributed by atoms with Gasteiger partial charge >= 0.3 is 12.1 Å². The van der Waals surface area contributed by atoms with Crippen LogP contribution in [0, 0.1) is 28.6 Å². The Hall–Kier alpha value is -3.18. The summed E-state index contributed by atoms with van der Waals surface area (Å²) in [6.07, 6.45) is 2.30. The van der Waals surface area contributed by atoms with Crippen LogP contribution in [0.3, 0.4) is 0 Å². The fourth-order valence-electron chi connectivity index (χ4n) is 6.52. The Bertz CT molecular complexity index is 1200. The van der Waals surface area contributed by atoms with Gasteiger partial charge in [0.05, 0.1) is 12.5 Å². The van der Waals surface area contributed by atoms with E-state index < -0.39 is 70.3 Å². The van der Waals surface area contributed by atoms with E-state index in [2.05, 4.69) is 29.8 Å². The minimum Gasteiger partial charge on any atom is -0.460 e. The molecule has 3 aliphatic rings. The van der Waals surface area contributed by atoms with Crippen molar-refractivity contribution in [2.75, 3.05) is 13.1 Å². The summed E-state index contributed by atoms with van der Waals surface area (Å²) in [6.45, 7) is 20.3. The molecular weight excluding hydrogens is 592 g/mol. The van der Waals surface area contributed by atoms with Gasteiger partial charge in [0.1, 0.15) is 23.3 Å². The third kappa shape index (κ3) is 9.44. The monoisotopic (exact) mass is 648 g/mol. The number of piperidine rings is 1. The maximum absolute atomic E-state index is 14.1. The van der Waals surface area contributed by atoms with Crippen molar-refractivity contribution in [3.05, 3.63) is 0 Å². The molecule has 3 N–H and O–H groups in total. The molecule has 5 atom stereocenters. The van der Waals surface area contributed by atoms with Gasteiger partial charge in [-0.05, 0) is 76.5 Å². The highest BCUT2D eigenvalue weighted by Crippen LogP contribution is 2.65. The predicted molar refractivity (Wildman–Crippen MR) is 171 cm³/mol. The fraction of sp³-hybridized carbons (Fsp3) is 0.824. The second-order valence-electron chi connectivity index (χ2n) is 16.9. The molecule has 0 aromatic carbocycles. The Balaban J connectivity index is 1.77. The lowest BCUT2D eigenvalue weighted by Crippen LogP contribution is -2.61. The molecule has 46 heavy (non-hydrogen) atoms. The van der Waals surface area contributed by atoms with Crippen LogP contribution in [0.1, 0.15) is 108 Å². The van der Waals surface area contributed by atoms with Gasteiger partial charge in [-0.2, -0.15) is 0 Å². The first kappa shape index (κ1) is 37.3. The number of nitrogens with one attached hydrogen (secondary N) is 3. The van der Waals surface area contributed by atoms with Crippen molar-refractivity contribution in [2.24, 2.45) is 28.6 Å². The molecule has 1 aliphatic heterocycles. The number of fused-ring (bicyclic) bond motifs is 1. The molecule has 1 saturated heterocycles. The number of carbonyl (C=O) groups is 6. The number of hydrogen-bond acceptors (Lipinski definition) is 8. The van der Waals surface area contributed by atoms with E-state index in [0.717, 1.165) is 19.3 Å². The Labute approximate surface area is 273 Å². The molecule has 260 valence electrons. The van der Waals surface area contributed by atoms with E-state index in [0.29, 0.717) is 13.0 Å². The molecule has 0 spiro atoms. The lowest BCUT2D eigenvalue weighted by atomic mass is 9.80. The van der Waals surface area contributed by atoms with E-state index in [-0.39, 0.29) is 36.1 Å². The Kier molecular flexibility index (Phi) is 10.9. The molecule has 12 nitrogen and oxygen atoms in total. The van der Waals surface area contributed by atoms with Crippen LogP contribution in [-0.4, -0.2) is 82.9 Å². The molecule has 0 bridgehead atoms. The largest absolute Gasteiger partial charge is 0.460 e. The molecule has 2 saturated carbocycles. The number of likely N-dealkylation sites (tertiary alicyclic amines) is 1. The number of ketones is 1. The Morgan fingerprint density at radius 2 is 1.46 bits per heavy atom. The summed E-state index contributed by atoms with van der Waals surface area (Å²) < 4.78 is 10.7. The van der Waals surface area contributed by atoms with Gasteiger partial charge in [0.2, 0.25) is 17.6 Å². The van der Waals surface area contributed by atoms with Crippen molar-refractivity contribution in [3.63, 3.8) is 0 Å². The highest BCUT2D eigenvalue weighted by molar-refractivity contribution is 6.38. The van der Waals surface area contributed by atoms with E-state index in [1.54, 1.807) is 41.5 Å². The van der Waals surface area contributed by atoms with Crippen molar-refractivity contribution >= 4 is 35.6 Å². The molecule has 4 amide bonds. The highest BCUT2D eigenvalue weighted by atomic mass is 16.6. The van der Waals surface area contributed by atoms with Crippen molar-refractivity contribution in [2.45, 2.75) is 138 Å². The van der Waals surface area contributed by atoms with Gasteiger partial charge in [0.25, 0.3) is 5.91 Å². The number of amides is 4. The number of ether oxygens (including phenoxy) is 2. The molecular formula is C34H56N4O8. The molecule has 0 aromatic heterocycles. The zero-order valence-corrected chi connectivity index (χ0v) is 29.6. The molecule has 1 heterocycles. The molecule has 2 aliphatic carbocycles. The number of carbonyl (C=O) groups excluding carboxylic acids is 6. The molecule has 4 unspecified atom stereocenters. The van der Waals surface area contributed by atoms with E-state index in [9.17, 15) is 28.8 Å². The first-order valence-electron chi connectivity index (χ1n) is 16.6. The third-order valence-electron chi connectivity index (χ3n) is 9.22. The van der Waals surface area contributed by atoms with Gasteiger partial charge in [0.15, 0.2) is 0 Å². The minimum atomic E-state index is -1.07. The SMILES string of the molecule is CC(C)(C)OC(=O)CCNC(=O)C(=O)C(CC1CCC1)NC(=O)C1C2C(CN1C(=O)[C@@H](NC(=O)OC(C)(C)C)C(C)(C)C)C2(C)C. The number of nitrogens with zero attached hydrogens (tertiary/aromatic N) is 1. The fourth-order valence-corrected chi connectivity index (χ4v) is 6.52. The smallest absolute Gasteiger partial charge is 0.408 e. The third-order valence-corrected chi connectivity index (χ3v) is 9.22. The summed E-state index contributed by atoms with van der Waals surface area (Å²) in [6, 6.07) is -2.92. The second-order valence-corrected chi connectivity index (χ2v) is 16.9. The van der Waals surface area contributed by atoms with Gasteiger partial charge in [-0.25, -0.2) is 4.79 Å². The van der Waals surface area contributed by atoms with Crippen LogP contribution < -0.4 is 16.0 Å². The minimum absolute atomic E-state index is 0.0753. The highest BCUT2D eigenvalue weighted by Gasteiger charge is 2.70. The number of hydrogen-bond donors (Lipinski definition) is 3. The summed E-state index contributed by atoms with van der Waals surface area (Å²) in [5.41, 5.74) is -2.32. The zero-order valence-electron chi connectivity index (χ0n) is 29.6. The van der Waals surface area contributed by atoms with Crippen LogP contribution >= 0.6 is 0 Å². The maximum Gasteiger partial charge on any atom is 0.408 e. The average Bonchev–Trinajstić information content (AvgIpc) is 3.17. The van der Waals surface area contributed by atoms with Gasteiger partial charge < -0.3 is 30.3 Å². The Morgan fingerprint density at radius 1 is 0.870 bits per heavy atom. The Morgan fingerprint density at radius 3 is 1.96 bits per heavy atom. The number of Topliss-reactive ketones (excluding diaryl/α,β-unsaturated/α-hetero) is 1. The van der Waals surface area contributed by atoms with E-state index in [1.807, 2.05) is 20.8 Å². The summed E-state index contributed by atoms with van der Waals surface area (Å²) in [5, 5.41) is 8.08. The topological polar surface area (TPSA) is 160 Å². The summed E-state index contributed by atoms with van der Waals surface area (Å²) in [5.74, 6) is -2.93. The van der Waals surface area contributed by atoms with Gasteiger partial charge in [0, 0.05) is 13.1 Å².